The number of benzene rings is 2. The molecular weight excluding hydrogens is 333 g/mol. The summed E-state index contributed by atoms with van der Waals surface area (Å²) in [6.45, 7) is 2.51. The zero-order valence-corrected chi connectivity index (χ0v) is 14.9. The van der Waals surface area contributed by atoms with Crippen molar-refractivity contribution >= 4 is 11.7 Å². The highest BCUT2D eigenvalue weighted by atomic mass is 19.1. The molecule has 0 aromatic heterocycles. The van der Waals surface area contributed by atoms with Crippen LogP contribution in [0.1, 0.15) is 40.5 Å². The van der Waals surface area contributed by atoms with Gasteiger partial charge in [-0.05, 0) is 68.3 Å². The number of hydrogen-bond donors (Lipinski definition) is 0. The van der Waals surface area contributed by atoms with Crippen molar-refractivity contribution in [1.29, 1.82) is 0 Å². The second kappa shape index (κ2) is 7.68. The molecule has 1 heterocycles. The highest BCUT2D eigenvalue weighted by molar-refractivity contribution is 6.00. The van der Waals surface area contributed by atoms with Crippen LogP contribution in [0.2, 0.25) is 0 Å². The molecule has 2 unspecified atom stereocenters. The minimum Gasteiger partial charge on any atom is -0.497 e. The van der Waals surface area contributed by atoms with Gasteiger partial charge in [0.1, 0.15) is 11.6 Å². The predicted octanol–water partition coefficient (Wildman–Crippen LogP) is 3.96. The molecule has 4 nitrogen and oxygen atoms in total. The average Bonchev–Trinajstić information content (AvgIpc) is 2.68. The fourth-order valence-electron chi connectivity index (χ4n) is 3.51. The average molecular weight is 355 g/mol. The van der Waals surface area contributed by atoms with Gasteiger partial charge in [0.2, 0.25) is 0 Å². The number of piperidine rings is 1. The zero-order chi connectivity index (χ0) is 18.7. The van der Waals surface area contributed by atoms with Crippen LogP contribution in [0.15, 0.2) is 48.5 Å². The summed E-state index contributed by atoms with van der Waals surface area (Å²) >= 11 is 0. The molecule has 1 fully saturated rings. The lowest BCUT2D eigenvalue weighted by Crippen LogP contribution is -2.49. The molecule has 1 amide bonds. The van der Waals surface area contributed by atoms with E-state index in [0.29, 0.717) is 23.4 Å². The molecule has 26 heavy (non-hydrogen) atoms. The Kier molecular flexibility index (Phi) is 5.35. The number of Topliss-reactive ketones (excluding diaryl/α,β-unsaturated/α-hetero) is 1. The third-order valence-electron chi connectivity index (χ3n) is 5.05. The van der Waals surface area contributed by atoms with Gasteiger partial charge in [-0.3, -0.25) is 9.59 Å². The van der Waals surface area contributed by atoms with Crippen LogP contribution >= 0.6 is 0 Å². The van der Waals surface area contributed by atoms with Gasteiger partial charge >= 0.3 is 0 Å². The maximum absolute atomic E-state index is 13.1. The maximum Gasteiger partial charge on any atom is 0.254 e. The topological polar surface area (TPSA) is 46.6 Å². The summed E-state index contributed by atoms with van der Waals surface area (Å²) in [6, 6.07) is 12.4. The molecule has 0 radical (unpaired) electrons. The van der Waals surface area contributed by atoms with Crippen LogP contribution in [0.5, 0.6) is 5.75 Å². The molecule has 0 aliphatic carbocycles. The summed E-state index contributed by atoms with van der Waals surface area (Å²) in [5, 5.41) is 0. The predicted molar refractivity (Wildman–Crippen MR) is 96.9 cm³/mol. The molecule has 3 rings (SSSR count). The SMILES string of the molecule is COc1ccc(C(=O)C2CCCN(C(=O)c3ccc(F)cc3)C2C)cc1. The van der Waals surface area contributed by atoms with Crippen LogP contribution in [0.3, 0.4) is 0 Å². The highest BCUT2D eigenvalue weighted by Crippen LogP contribution is 2.28. The monoisotopic (exact) mass is 355 g/mol. The van der Waals surface area contributed by atoms with Gasteiger partial charge in [0.05, 0.1) is 7.11 Å². The molecule has 136 valence electrons. The molecule has 0 N–H and O–H groups in total. The van der Waals surface area contributed by atoms with Crippen LogP contribution in [0.4, 0.5) is 4.39 Å². The van der Waals surface area contributed by atoms with Crippen molar-refractivity contribution in [2.75, 3.05) is 13.7 Å². The number of carbonyl (C=O) groups is 2. The standard InChI is InChI=1S/C21H22FNO3/c1-14-19(20(24)15-7-11-18(26-2)12-8-15)4-3-13-23(14)21(25)16-5-9-17(22)10-6-16/h5-12,14,19H,3-4,13H2,1-2H3. The largest absolute Gasteiger partial charge is 0.497 e. The van der Waals surface area contributed by atoms with Gasteiger partial charge in [0.15, 0.2) is 5.78 Å². The lowest BCUT2D eigenvalue weighted by molar-refractivity contribution is 0.0497. The fourth-order valence-corrected chi connectivity index (χ4v) is 3.51. The fraction of sp³-hybridized carbons (Fsp3) is 0.333. The molecule has 2 atom stereocenters. The zero-order valence-electron chi connectivity index (χ0n) is 14.9. The first kappa shape index (κ1) is 18.1. The van der Waals surface area contributed by atoms with Gasteiger partial charge in [-0.15, -0.1) is 0 Å². The van der Waals surface area contributed by atoms with E-state index in [9.17, 15) is 14.0 Å². The Morgan fingerprint density at radius 1 is 1.04 bits per heavy atom. The second-order valence-electron chi connectivity index (χ2n) is 6.59. The summed E-state index contributed by atoms with van der Waals surface area (Å²) in [4.78, 5) is 27.4. The van der Waals surface area contributed by atoms with E-state index in [2.05, 4.69) is 0 Å². The lowest BCUT2D eigenvalue weighted by Gasteiger charge is -2.38. The third kappa shape index (κ3) is 3.62. The van der Waals surface area contributed by atoms with Gasteiger partial charge in [-0.2, -0.15) is 0 Å². The van der Waals surface area contributed by atoms with Crippen molar-refractivity contribution in [2.24, 2.45) is 5.92 Å². The van der Waals surface area contributed by atoms with E-state index in [1.807, 2.05) is 6.92 Å². The molecule has 1 aliphatic heterocycles. The molecule has 2 aromatic rings. The molecule has 0 bridgehead atoms. The van der Waals surface area contributed by atoms with Crippen molar-refractivity contribution in [1.82, 2.24) is 4.90 Å². The number of ether oxygens (including phenoxy) is 1. The molecule has 1 aliphatic rings. The number of rotatable bonds is 4. The molecule has 2 aromatic carbocycles. The Bertz CT molecular complexity index is 786. The van der Waals surface area contributed by atoms with Crippen molar-refractivity contribution < 1.29 is 18.7 Å². The molecule has 0 spiro atoms. The molecule has 1 saturated heterocycles. The number of likely N-dealkylation sites (tertiary alicyclic amines) is 1. The Morgan fingerprint density at radius 3 is 2.27 bits per heavy atom. The first-order chi connectivity index (χ1) is 12.5. The van der Waals surface area contributed by atoms with Crippen LogP contribution in [-0.4, -0.2) is 36.3 Å². The van der Waals surface area contributed by atoms with E-state index in [4.69, 9.17) is 4.74 Å². The van der Waals surface area contributed by atoms with E-state index < -0.39 is 0 Å². The van der Waals surface area contributed by atoms with E-state index in [1.54, 1.807) is 36.3 Å². The number of carbonyl (C=O) groups excluding carboxylic acids is 2. The van der Waals surface area contributed by atoms with Crippen molar-refractivity contribution in [3.05, 3.63) is 65.5 Å². The smallest absolute Gasteiger partial charge is 0.254 e. The van der Waals surface area contributed by atoms with Crippen molar-refractivity contribution in [3.8, 4) is 5.75 Å². The van der Waals surface area contributed by atoms with Crippen LogP contribution in [0.25, 0.3) is 0 Å². The number of halogens is 1. The van der Waals surface area contributed by atoms with Crippen LogP contribution < -0.4 is 4.74 Å². The summed E-state index contributed by atoms with van der Waals surface area (Å²) in [5.74, 6) is -0.0461. The van der Waals surface area contributed by atoms with Gasteiger partial charge < -0.3 is 9.64 Å². The summed E-state index contributed by atoms with van der Waals surface area (Å²) in [6.07, 6.45) is 1.52. The van der Waals surface area contributed by atoms with E-state index in [0.717, 1.165) is 12.8 Å². The van der Waals surface area contributed by atoms with E-state index >= 15 is 0 Å². The Balaban J connectivity index is 1.77. The first-order valence-electron chi connectivity index (χ1n) is 8.76. The van der Waals surface area contributed by atoms with Gasteiger partial charge in [0, 0.05) is 29.6 Å². The first-order valence-corrected chi connectivity index (χ1v) is 8.76. The normalized spacial score (nSPS) is 19.9. The lowest BCUT2D eigenvalue weighted by atomic mass is 9.83. The Morgan fingerprint density at radius 2 is 1.65 bits per heavy atom. The Labute approximate surface area is 152 Å². The molecule has 0 saturated carbocycles. The van der Waals surface area contributed by atoms with E-state index in [1.165, 1.54) is 24.3 Å². The minimum atomic E-state index is -0.374. The summed E-state index contributed by atoms with van der Waals surface area (Å²) in [7, 11) is 1.58. The highest BCUT2D eigenvalue weighted by Gasteiger charge is 2.36. The van der Waals surface area contributed by atoms with E-state index in [-0.39, 0.29) is 29.5 Å². The number of methoxy groups -OCH3 is 1. The van der Waals surface area contributed by atoms with Gasteiger partial charge in [-0.1, -0.05) is 0 Å². The van der Waals surface area contributed by atoms with Gasteiger partial charge in [0.25, 0.3) is 5.91 Å². The van der Waals surface area contributed by atoms with Crippen molar-refractivity contribution in [2.45, 2.75) is 25.8 Å². The number of amides is 1. The van der Waals surface area contributed by atoms with Crippen LogP contribution in [-0.2, 0) is 0 Å². The Hall–Kier alpha value is -2.69. The third-order valence-corrected chi connectivity index (χ3v) is 5.05. The maximum atomic E-state index is 13.1. The number of ketones is 1. The minimum absolute atomic E-state index is 0.0387. The second-order valence-corrected chi connectivity index (χ2v) is 6.59. The summed E-state index contributed by atoms with van der Waals surface area (Å²) < 4.78 is 18.2. The number of hydrogen-bond acceptors (Lipinski definition) is 3. The molecular formula is C21H22FNO3. The summed E-state index contributed by atoms with van der Waals surface area (Å²) in [5.41, 5.74) is 1.06. The van der Waals surface area contributed by atoms with Gasteiger partial charge in [-0.25, -0.2) is 4.39 Å². The van der Waals surface area contributed by atoms with Crippen LogP contribution in [0, 0.1) is 11.7 Å². The number of nitrogens with zero attached hydrogens (tertiary/aromatic N) is 1. The van der Waals surface area contributed by atoms with Crippen molar-refractivity contribution in [3.63, 3.8) is 0 Å². The molecule has 5 heteroatoms. The quantitative estimate of drug-likeness (QED) is 0.780.